The number of anilines is 2. The zero-order valence-electron chi connectivity index (χ0n) is 34.6. The van der Waals surface area contributed by atoms with Gasteiger partial charge in [0.1, 0.15) is 12.1 Å². The number of carbonyl (C=O) groups is 2. The Kier molecular flexibility index (Phi) is 12.7. The van der Waals surface area contributed by atoms with Gasteiger partial charge in [-0.05, 0) is 117 Å². The summed E-state index contributed by atoms with van der Waals surface area (Å²) in [5, 5.41) is 3.88. The minimum Gasteiger partial charge on any atom is -0.375 e. The normalized spacial score (nSPS) is 19.0. The van der Waals surface area contributed by atoms with Crippen molar-refractivity contribution in [3.05, 3.63) is 118 Å². The standard InChI is InChI=1S/C48H58ClN5O2/c1-9-53(8)38-22-24-42(35(7)28-38)50-44(46(55)52-41-20-13-10-17-34(41)6)45-51-43-23-21-36(29-37-18-11-12-19-40(37)49)30-39(43)47(56)54(45)31-48(54,27-25-33(4)5)26-15-14-16-32(2)3/h10-13,17-24,28,30,32-33H,9,14-16,25-27,29,31H2,1-8H3/p+1. The Hall–Kier alpha value is -4.59. The number of unbranched alkanes of at least 4 members (excludes halogenated alkanes) is 1. The molecular formula is C48H59ClN5O2+. The zero-order valence-corrected chi connectivity index (χ0v) is 35.3. The van der Waals surface area contributed by atoms with E-state index in [-0.39, 0.29) is 22.0 Å². The van der Waals surface area contributed by atoms with Crippen LogP contribution < -0.4 is 10.2 Å². The number of benzene rings is 4. The van der Waals surface area contributed by atoms with Gasteiger partial charge in [-0.3, -0.25) is 4.79 Å². The van der Waals surface area contributed by atoms with Gasteiger partial charge >= 0.3 is 5.91 Å². The van der Waals surface area contributed by atoms with Crippen LogP contribution >= 0.6 is 11.6 Å². The lowest BCUT2D eigenvalue weighted by Crippen LogP contribution is -2.54. The van der Waals surface area contributed by atoms with Crippen LogP contribution in [0.5, 0.6) is 0 Å². The molecule has 4 aromatic carbocycles. The summed E-state index contributed by atoms with van der Waals surface area (Å²) in [6.07, 6.45) is 6.52. The highest BCUT2D eigenvalue weighted by Crippen LogP contribution is 2.55. The number of halogens is 1. The van der Waals surface area contributed by atoms with Gasteiger partial charge in [-0.25, -0.2) is 9.79 Å². The molecule has 0 bridgehead atoms. The molecule has 2 aliphatic rings. The highest BCUT2D eigenvalue weighted by atomic mass is 35.5. The van der Waals surface area contributed by atoms with Crippen LogP contribution in [-0.2, 0) is 11.2 Å². The van der Waals surface area contributed by atoms with E-state index in [9.17, 15) is 4.79 Å². The fraction of sp³-hybridized carbons (Fsp3) is 0.417. The third-order valence-corrected chi connectivity index (χ3v) is 12.2. The number of aliphatic imine (C=N–C) groups is 2. The van der Waals surface area contributed by atoms with E-state index in [0.29, 0.717) is 58.3 Å². The molecule has 294 valence electrons. The molecule has 1 N–H and O–H groups in total. The summed E-state index contributed by atoms with van der Waals surface area (Å²) in [7, 11) is 2.06. The molecule has 2 amide bonds. The molecule has 0 radical (unpaired) electrons. The Balaban J connectivity index is 1.54. The van der Waals surface area contributed by atoms with E-state index in [1.807, 2.05) is 92.7 Å². The molecule has 2 unspecified atom stereocenters. The molecule has 2 heterocycles. The molecule has 8 heteroatoms. The van der Waals surface area contributed by atoms with Gasteiger partial charge in [0.25, 0.3) is 11.7 Å². The van der Waals surface area contributed by atoms with Gasteiger partial charge in [-0.1, -0.05) is 94.6 Å². The van der Waals surface area contributed by atoms with Crippen LogP contribution in [0.1, 0.15) is 106 Å². The molecule has 1 spiro atoms. The topological polar surface area (TPSA) is 74.1 Å². The largest absolute Gasteiger partial charge is 0.375 e. The van der Waals surface area contributed by atoms with E-state index in [1.54, 1.807) is 0 Å². The molecule has 2 aliphatic heterocycles. The van der Waals surface area contributed by atoms with Gasteiger partial charge in [0, 0.05) is 42.8 Å². The third-order valence-electron chi connectivity index (χ3n) is 11.8. The van der Waals surface area contributed by atoms with Crippen molar-refractivity contribution < 1.29 is 14.1 Å². The second-order valence-corrected chi connectivity index (χ2v) is 17.2. The molecule has 0 saturated carbocycles. The number of para-hydroxylation sites is 1. The minimum atomic E-state index is -0.403. The molecule has 1 saturated heterocycles. The summed E-state index contributed by atoms with van der Waals surface area (Å²) in [5.41, 5.74) is 7.26. The number of aryl methyl sites for hydroxylation is 2. The lowest BCUT2D eigenvalue weighted by Gasteiger charge is -2.30. The number of amides is 2. The van der Waals surface area contributed by atoms with Gasteiger partial charge in [0.15, 0.2) is 5.54 Å². The number of nitrogens with zero attached hydrogens (tertiary/aromatic N) is 4. The fourth-order valence-corrected chi connectivity index (χ4v) is 8.39. The Morgan fingerprint density at radius 1 is 0.911 bits per heavy atom. The van der Waals surface area contributed by atoms with Crippen LogP contribution in [0.4, 0.5) is 22.7 Å². The van der Waals surface area contributed by atoms with Crippen LogP contribution in [0.2, 0.25) is 5.02 Å². The van der Waals surface area contributed by atoms with Crippen molar-refractivity contribution in [1.29, 1.82) is 0 Å². The first-order chi connectivity index (χ1) is 26.8. The van der Waals surface area contributed by atoms with E-state index >= 15 is 4.79 Å². The molecular weight excluding hydrogens is 714 g/mol. The molecule has 4 aromatic rings. The summed E-state index contributed by atoms with van der Waals surface area (Å²) in [5.74, 6) is 1.12. The van der Waals surface area contributed by atoms with Gasteiger partial charge in [-0.2, -0.15) is 9.48 Å². The number of hydrogen-bond acceptors (Lipinski definition) is 5. The summed E-state index contributed by atoms with van der Waals surface area (Å²) >= 11 is 6.59. The Morgan fingerprint density at radius 2 is 1.64 bits per heavy atom. The maximum absolute atomic E-state index is 15.6. The Bertz CT molecular complexity index is 2150. The first-order valence-electron chi connectivity index (χ1n) is 20.4. The third kappa shape index (κ3) is 8.54. The fourth-order valence-electron chi connectivity index (χ4n) is 8.18. The van der Waals surface area contributed by atoms with E-state index < -0.39 is 5.54 Å². The molecule has 0 aliphatic carbocycles. The second kappa shape index (κ2) is 17.3. The average molecular weight is 773 g/mol. The van der Waals surface area contributed by atoms with Crippen molar-refractivity contribution in [1.82, 2.24) is 0 Å². The predicted molar refractivity (Wildman–Crippen MR) is 234 cm³/mol. The van der Waals surface area contributed by atoms with Gasteiger partial charge in [0.2, 0.25) is 5.71 Å². The first-order valence-corrected chi connectivity index (χ1v) is 20.8. The number of carbonyl (C=O) groups excluding carboxylic acids is 2. The quantitative estimate of drug-likeness (QED) is 0.0533. The summed E-state index contributed by atoms with van der Waals surface area (Å²) in [4.78, 5) is 43.2. The van der Waals surface area contributed by atoms with Crippen LogP contribution in [0, 0.1) is 25.7 Å². The lowest BCUT2D eigenvalue weighted by atomic mass is 9.90. The van der Waals surface area contributed by atoms with Gasteiger partial charge in [0.05, 0.1) is 11.4 Å². The zero-order chi connectivity index (χ0) is 40.2. The number of fused-ring (bicyclic) bond motifs is 1. The maximum Gasteiger partial charge on any atom is 0.355 e. The summed E-state index contributed by atoms with van der Waals surface area (Å²) < 4.78 is -0.000324. The molecule has 6 rings (SSSR count). The number of nitrogens with one attached hydrogen (secondary N) is 1. The Labute approximate surface area is 339 Å². The molecule has 56 heavy (non-hydrogen) atoms. The van der Waals surface area contributed by atoms with E-state index in [1.165, 1.54) is 0 Å². The minimum absolute atomic E-state index is 0.000324. The Morgan fingerprint density at radius 3 is 2.34 bits per heavy atom. The maximum atomic E-state index is 15.6. The van der Waals surface area contributed by atoms with Crippen molar-refractivity contribution in [3.63, 3.8) is 0 Å². The van der Waals surface area contributed by atoms with Crippen molar-refractivity contribution >= 4 is 57.7 Å². The van der Waals surface area contributed by atoms with Gasteiger partial charge < -0.3 is 10.2 Å². The summed E-state index contributed by atoms with van der Waals surface area (Å²) in [6.45, 7) is 16.6. The first kappa shape index (κ1) is 41.1. The summed E-state index contributed by atoms with van der Waals surface area (Å²) in [6, 6.07) is 27.7. The van der Waals surface area contributed by atoms with E-state index in [4.69, 9.17) is 21.6 Å². The SMILES string of the molecule is CCN(C)c1ccc(N=C(C(=O)Nc2ccccc2C)C2=Nc3ccc(Cc4ccccc4Cl)cc3C(=O)[N+]23CC3(CCCCC(C)C)CCC(C)C)c(C)c1. The molecule has 0 aromatic heterocycles. The molecule has 2 atom stereocenters. The number of amidine groups is 1. The average Bonchev–Trinajstić information content (AvgIpc) is 3.83. The number of quaternary nitrogens is 1. The second-order valence-electron chi connectivity index (χ2n) is 16.8. The number of hydrogen-bond donors (Lipinski definition) is 1. The van der Waals surface area contributed by atoms with Crippen LogP contribution in [0.15, 0.2) is 94.9 Å². The van der Waals surface area contributed by atoms with Crippen molar-refractivity contribution in [3.8, 4) is 0 Å². The highest BCUT2D eigenvalue weighted by Gasteiger charge is 2.78. The van der Waals surface area contributed by atoms with E-state index in [0.717, 1.165) is 73.0 Å². The smallest absolute Gasteiger partial charge is 0.355 e. The van der Waals surface area contributed by atoms with Crippen LogP contribution in [-0.4, -0.2) is 53.5 Å². The predicted octanol–water partition coefficient (Wildman–Crippen LogP) is 11.8. The highest BCUT2D eigenvalue weighted by molar-refractivity contribution is 6.68. The number of rotatable bonds is 16. The van der Waals surface area contributed by atoms with E-state index in [2.05, 4.69) is 57.9 Å². The van der Waals surface area contributed by atoms with Crippen LogP contribution in [0.25, 0.3) is 0 Å². The monoisotopic (exact) mass is 772 g/mol. The van der Waals surface area contributed by atoms with Gasteiger partial charge in [-0.15, -0.1) is 0 Å². The molecule has 7 nitrogen and oxygen atoms in total. The van der Waals surface area contributed by atoms with Crippen molar-refractivity contribution in [2.75, 3.05) is 30.4 Å². The van der Waals surface area contributed by atoms with Crippen molar-refractivity contribution in [2.24, 2.45) is 21.8 Å². The van der Waals surface area contributed by atoms with Crippen molar-refractivity contribution in [2.45, 2.75) is 99.0 Å². The lowest BCUT2D eigenvalue weighted by molar-refractivity contribution is -0.642. The van der Waals surface area contributed by atoms with Crippen LogP contribution in [0.3, 0.4) is 0 Å². The molecule has 1 fully saturated rings.